The molecule has 100 valence electrons. The van der Waals surface area contributed by atoms with Crippen LogP contribution in [0.4, 0.5) is 0 Å². The summed E-state index contributed by atoms with van der Waals surface area (Å²) in [5.74, 6) is 0.679. The molecule has 6 nitrogen and oxygen atoms in total. The van der Waals surface area contributed by atoms with Crippen molar-refractivity contribution in [2.45, 2.75) is 12.4 Å². The first-order chi connectivity index (χ1) is 8.74. The molecule has 2 heterocycles. The van der Waals surface area contributed by atoms with Crippen LogP contribution in [0.25, 0.3) is 0 Å². The highest BCUT2D eigenvalue weighted by atomic mass is 16.7. The average Bonchev–Trinajstić information content (AvgIpc) is 2.41. The third-order valence-corrected chi connectivity index (χ3v) is 2.92. The van der Waals surface area contributed by atoms with Crippen molar-refractivity contribution >= 4 is 0 Å². The summed E-state index contributed by atoms with van der Waals surface area (Å²) in [6, 6.07) is 1.79. The van der Waals surface area contributed by atoms with E-state index in [1.54, 1.807) is 26.5 Å². The van der Waals surface area contributed by atoms with Crippen LogP contribution in [0.5, 0.6) is 0 Å². The molecule has 1 aromatic heterocycles. The molecule has 2 rings (SSSR count). The first-order valence-electron chi connectivity index (χ1n) is 5.93. The third kappa shape index (κ3) is 3.02. The molecule has 0 spiro atoms. The van der Waals surface area contributed by atoms with Gasteiger partial charge in [-0.1, -0.05) is 0 Å². The average molecular weight is 253 g/mol. The van der Waals surface area contributed by atoms with Crippen LogP contribution in [0.15, 0.2) is 12.3 Å². The Bertz CT molecular complexity index is 385. The normalized spacial score (nSPS) is 21.4. The van der Waals surface area contributed by atoms with Gasteiger partial charge in [0.25, 0.3) is 0 Å². The predicted octanol–water partition coefficient (Wildman–Crippen LogP) is 0.771. The van der Waals surface area contributed by atoms with E-state index in [1.165, 1.54) is 0 Å². The van der Waals surface area contributed by atoms with Gasteiger partial charge >= 0.3 is 0 Å². The fraction of sp³-hybridized carbons (Fsp3) is 0.667. The summed E-state index contributed by atoms with van der Waals surface area (Å²) >= 11 is 0. The SMILES string of the molecule is COC(OC)c1ccnc(C2CN(C)CCO2)n1. The van der Waals surface area contributed by atoms with Crippen molar-refractivity contribution in [3.63, 3.8) is 0 Å². The van der Waals surface area contributed by atoms with Crippen molar-refractivity contribution in [1.29, 1.82) is 0 Å². The van der Waals surface area contributed by atoms with Gasteiger partial charge in [0.15, 0.2) is 5.82 Å². The number of ether oxygens (including phenoxy) is 3. The largest absolute Gasteiger partial charge is 0.368 e. The molecule has 1 unspecified atom stereocenters. The number of rotatable bonds is 4. The predicted molar refractivity (Wildman–Crippen MR) is 65.0 cm³/mol. The highest BCUT2D eigenvalue weighted by Crippen LogP contribution is 2.20. The molecule has 0 aliphatic carbocycles. The van der Waals surface area contributed by atoms with Gasteiger partial charge in [-0.25, -0.2) is 9.97 Å². The molecule has 1 aromatic rings. The molecule has 1 saturated heterocycles. The van der Waals surface area contributed by atoms with Gasteiger partial charge in [0, 0.05) is 33.5 Å². The second kappa shape index (κ2) is 6.19. The minimum atomic E-state index is -0.465. The maximum Gasteiger partial charge on any atom is 0.200 e. The zero-order valence-corrected chi connectivity index (χ0v) is 11.0. The van der Waals surface area contributed by atoms with Crippen molar-refractivity contribution in [3.05, 3.63) is 23.8 Å². The van der Waals surface area contributed by atoms with Gasteiger partial charge in [-0.05, 0) is 13.1 Å². The summed E-state index contributed by atoms with van der Waals surface area (Å²) in [6.07, 6.45) is 1.16. The second-order valence-electron chi connectivity index (χ2n) is 4.26. The number of likely N-dealkylation sites (N-methyl/N-ethyl adjacent to an activating group) is 1. The molecule has 1 atom stereocenters. The molecule has 1 fully saturated rings. The monoisotopic (exact) mass is 253 g/mol. The minimum absolute atomic E-state index is 0.0851. The van der Waals surface area contributed by atoms with E-state index < -0.39 is 6.29 Å². The molecular weight excluding hydrogens is 234 g/mol. The van der Waals surface area contributed by atoms with Crippen LogP contribution in [0.1, 0.15) is 23.9 Å². The Hall–Kier alpha value is -1.08. The van der Waals surface area contributed by atoms with E-state index in [-0.39, 0.29) is 6.10 Å². The molecular formula is C12H19N3O3. The lowest BCUT2D eigenvalue weighted by atomic mass is 10.2. The second-order valence-corrected chi connectivity index (χ2v) is 4.26. The Morgan fingerprint density at radius 1 is 1.44 bits per heavy atom. The Morgan fingerprint density at radius 3 is 2.89 bits per heavy atom. The van der Waals surface area contributed by atoms with Gasteiger partial charge < -0.3 is 19.1 Å². The lowest BCUT2D eigenvalue weighted by Crippen LogP contribution is -2.36. The summed E-state index contributed by atoms with van der Waals surface area (Å²) < 4.78 is 16.1. The van der Waals surface area contributed by atoms with Crippen LogP contribution in [-0.2, 0) is 14.2 Å². The number of hydrogen-bond acceptors (Lipinski definition) is 6. The molecule has 18 heavy (non-hydrogen) atoms. The lowest BCUT2D eigenvalue weighted by molar-refractivity contribution is -0.109. The fourth-order valence-corrected chi connectivity index (χ4v) is 1.95. The highest BCUT2D eigenvalue weighted by molar-refractivity contribution is 5.06. The summed E-state index contributed by atoms with van der Waals surface area (Å²) in [5.41, 5.74) is 0.710. The van der Waals surface area contributed by atoms with Crippen LogP contribution in [0, 0.1) is 0 Å². The van der Waals surface area contributed by atoms with E-state index in [0.717, 1.165) is 13.1 Å². The van der Waals surface area contributed by atoms with E-state index in [2.05, 4.69) is 21.9 Å². The van der Waals surface area contributed by atoms with Crippen molar-refractivity contribution < 1.29 is 14.2 Å². The van der Waals surface area contributed by atoms with Gasteiger partial charge in [-0.3, -0.25) is 0 Å². The van der Waals surface area contributed by atoms with Gasteiger partial charge in [0.1, 0.15) is 11.8 Å². The Labute approximate surface area is 107 Å². The maximum absolute atomic E-state index is 5.69. The highest BCUT2D eigenvalue weighted by Gasteiger charge is 2.23. The van der Waals surface area contributed by atoms with Crippen LogP contribution in [0.3, 0.4) is 0 Å². The summed E-state index contributed by atoms with van der Waals surface area (Å²) in [5, 5.41) is 0. The molecule has 0 N–H and O–H groups in total. The van der Waals surface area contributed by atoms with E-state index >= 15 is 0 Å². The third-order valence-electron chi connectivity index (χ3n) is 2.92. The quantitative estimate of drug-likeness (QED) is 0.739. The molecule has 0 bridgehead atoms. The zero-order chi connectivity index (χ0) is 13.0. The molecule has 0 saturated carbocycles. The lowest BCUT2D eigenvalue weighted by Gasteiger charge is -2.29. The number of morpholine rings is 1. The summed E-state index contributed by atoms with van der Waals surface area (Å²) in [6.45, 7) is 2.44. The standard InChI is InChI=1S/C12H19N3O3/c1-15-6-7-18-10(8-15)11-13-5-4-9(14-11)12(16-2)17-3/h4-5,10,12H,6-8H2,1-3H3. The van der Waals surface area contributed by atoms with E-state index in [0.29, 0.717) is 18.1 Å². The Morgan fingerprint density at radius 2 is 2.22 bits per heavy atom. The topological polar surface area (TPSA) is 56.7 Å². The van der Waals surface area contributed by atoms with Gasteiger partial charge in [0.05, 0.1) is 6.61 Å². The van der Waals surface area contributed by atoms with Crippen LogP contribution < -0.4 is 0 Å². The van der Waals surface area contributed by atoms with Crippen LogP contribution in [-0.4, -0.2) is 55.8 Å². The van der Waals surface area contributed by atoms with Gasteiger partial charge in [-0.15, -0.1) is 0 Å². The maximum atomic E-state index is 5.69. The van der Waals surface area contributed by atoms with Crippen molar-refractivity contribution in [2.24, 2.45) is 0 Å². The molecule has 0 radical (unpaired) electrons. The Balaban J connectivity index is 2.15. The minimum Gasteiger partial charge on any atom is -0.368 e. The van der Waals surface area contributed by atoms with Crippen molar-refractivity contribution in [2.75, 3.05) is 41.0 Å². The fourth-order valence-electron chi connectivity index (χ4n) is 1.95. The van der Waals surface area contributed by atoms with Gasteiger partial charge in [-0.2, -0.15) is 0 Å². The number of methoxy groups -OCH3 is 2. The number of nitrogens with zero attached hydrogens (tertiary/aromatic N) is 3. The molecule has 6 heteroatoms. The smallest absolute Gasteiger partial charge is 0.200 e. The number of aromatic nitrogens is 2. The van der Waals surface area contributed by atoms with Crippen molar-refractivity contribution in [1.82, 2.24) is 14.9 Å². The molecule has 1 aliphatic heterocycles. The molecule has 0 amide bonds. The molecule has 1 aliphatic rings. The van der Waals surface area contributed by atoms with Crippen LogP contribution in [0.2, 0.25) is 0 Å². The van der Waals surface area contributed by atoms with Crippen LogP contribution >= 0.6 is 0 Å². The first-order valence-corrected chi connectivity index (χ1v) is 5.93. The van der Waals surface area contributed by atoms with E-state index in [1.807, 2.05) is 0 Å². The zero-order valence-electron chi connectivity index (χ0n) is 11.0. The molecule has 0 aromatic carbocycles. The summed E-state index contributed by atoms with van der Waals surface area (Å²) in [4.78, 5) is 10.9. The van der Waals surface area contributed by atoms with Gasteiger partial charge in [0.2, 0.25) is 6.29 Å². The van der Waals surface area contributed by atoms with Crippen molar-refractivity contribution in [3.8, 4) is 0 Å². The first kappa shape index (κ1) is 13.4. The number of hydrogen-bond donors (Lipinski definition) is 0. The van der Waals surface area contributed by atoms with E-state index in [4.69, 9.17) is 14.2 Å². The summed E-state index contributed by atoms with van der Waals surface area (Å²) in [7, 11) is 5.23. The Kier molecular flexibility index (Phi) is 4.60. The van der Waals surface area contributed by atoms with E-state index in [9.17, 15) is 0 Å².